The van der Waals surface area contributed by atoms with Crippen LogP contribution in [-0.2, 0) is 11.8 Å². The second-order valence-electron chi connectivity index (χ2n) is 5.99. The first-order chi connectivity index (χ1) is 12.2. The average Bonchev–Trinajstić information content (AvgIpc) is 3.39. The smallest absolute Gasteiger partial charge is 0.228 e. The van der Waals surface area contributed by atoms with E-state index in [1.54, 1.807) is 29.3 Å². The van der Waals surface area contributed by atoms with Crippen molar-refractivity contribution in [3.05, 3.63) is 43.0 Å². The van der Waals surface area contributed by atoms with Gasteiger partial charge in [0.15, 0.2) is 0 Å². The summed E-state index contributed by atoms with van der Waals surface area (Å²) in [5.74, 6) is 1.25. The molecule has 3 aromatic heterocycles. The maximum atomic E-state index is 11.8. The maximum Gasteiger partial charge on any atom is 0.228 e. The molecule has 1 amide bonds. The summed E-state index contributed by atoms with van der Waals surface area (Å²) in [6, 6.07) is 5.48. The molecule has 0 aromatic carbocycles. The molecular weight excluding hydrogens is 318 g/mol. The third-order valence-electron chi connectivity index (χ3n) is 3.88. The Kier molecular flexibility index (Phi) is 3.85. The van der Waals surface area contributed by atoms with Crippen molar-refractivity contribution in [1.29, 1.82) is 0 Å². The van der Waals surface area contributed by atoms with Crippen LogP contribution in [0.4, 0.5) is 17.5 Å². The number of carbonyl (C=O) groups is 1. The lowest BCUT2D eigenvalue weighted by Crippen LogP contribution is -2.14. The molecule has 0 radical (unpaired) electrons. The van der Waals surface area contributed by atoms with E-state index >= 15 is 0 Å². The van der Waals surface area contributed by atoms with Crippen LogP contribution in [-0.4, -0.2) is 30.6 Å². The number of amides is 1. The van der Waals surface area contributed by atoms with Gasteiger partial charge in [0.25, 0.3) is 0 Å². The standard InChI is InChI=1S/C17H17N7O/c1-24-10-13(9-20-24)21-17-18-7-6-14(22-17)12-4-5-15(19-8-12)23-16(25)11-2-3-11/h4-11H,2-3H2,1H3,(H,18,21,22)(H,19,23,25). The number of pyridine rings is 1. The molecule has 0 unspecified atom stereocenters. The molecule has 4 rings (SSSR count). The lowest BCUT2D eigenvalue weighted by molar-refractivity contribution is -0.117. The van der Waals surface area contributed by atoms with Gasteiger partial charge in [-0.3, -0.25) is 9.48 Å². The first kappa shape index (κ1) is 15.3. The molecule has 126 valence electrons. The van der Waals surface area contributed by atoms with Gasteiger partial charge in [0, 0.05) is 37.1 Å². The number of anilines is 3. The van der Waals surface area contributed by atoms with Crippen LogP contribution < -0.4 is 10.6 Å². The molecule has 0 spiro atoms. The van der Waals surface area contributed by atoms with Crippen molar-refractivity contribution in [3.8, 4) is 11.3 Å². The zero-order chi connectivity index (χ0) is 17.2. The molecule has 0 saturated heterocycles. The van der Waals surface area contributed by atoms with Crippen molar-refractivity contribution in [1.82, 2.24) is 24.7 Å². The van der Waals surface area contributed by atoms with Crippen molar-refractivity contribution in [2.75, 3.05) is 10.6 Å². The number of hydrogen-bond donors (Lipinski definition) is 2. The summed E-state index contributed by atoms with van der Waals surface area (Å²) in [6.07, 6.45) is 8.86. The van der Waals surface area contributed by atoms with Crippen molar-refractivity contribution in [2.45, 2.75) is 12.8 Å². The molecule has 8 heteroatoms. The van der Waals surface area contributed by atoms with Crippen LogP contribution in [0.25, 0.3) is 11.3 Å². The van der Waals surface area contributed by atoms with E-state index in [1.807, 2.05) is 25.4 Å². The number of aryl methyl sites for hydroxylation is 1. The summed E-state index contributed by atoms with van der Waals surface area (Å²) >= 11 is 0. The maximum absolute atomic E-state index is 11.8. The minimum Gasteiger partial charge on any atom is -0.321 e. The van der Waals surface area contributed by atoms with E-state index in [2.05, 4.69) is 30.7 Å². The van der Waals surface area contributed by atoms with Crippen LogP contribution in [0.2, 0.25) is 0 Å². The van der Waals surface area contributed by atoms with E-state index in [0.717, 1.165) is 29.8 Å². The molecular formula is C17H17N7O. The molecule has 25 heavy (non-hydrogen) atoms. The number of carbonyl (C=O) groups excluding carboxylic acids is 1. The second kappa shape index (κ2) is 6.31. The van der Waals surface area contributed by atoms with E-state index in [9.17, 15) is 4.79 Å². The predicted molar refractivity (Wildman–Crippen MR) is 93.1 cm³/mol. The monoisotopic (exact) mass is 335 g/mol. The Morgan fingerprint density at radius 2 is 2.08 bits per heavy atom. The largest absolute Gasteiger partial charge is 0.321 e. The van der Waals surface area contributed by atoms with Gasteiger partial charge in [-0.2, -0.15) is 5.10 Å². The molecule has 0 atom stereocenters. The first-order valence-electron chi connectivity index (χ1n) is 8.03. The highest BCUT2D eigenvalue weighted by Gasteiger charge is 2.29. The molecule has 1 saturated carbocycles. The van der Waals surface area contributed by atoms with E-state index in [0.29, 0.717) is 11.8 Å². The summed E-state index contributed by atoms with van der Waals surface area (Å²) in [7, 11) is 1.84. The minimum atomic E-state index is 0.0465. The Bertz CT molecular complexity index is 899. The van der Waals surface area contributed by atoms with Crippen molar-refractivity contribution >= 4 is 23.4 Å². The fourth-order valence-electron chi connectivity index (χ4n) is 2.39. The molecule has 1 aliphatic rings. The third kappa shape index (κ3) is 3.63. The summed E-state index contributed by atoms with van der Waals surface area (Å²) < 4.78 is 1.70. The van der Waals surface area contributed by atoms with E-state index < -0.39 is 0 Å². The van der Waals surface area contributed by atoms with Gasteiger partial charge in [0.1, 0.15) is 5.82 Å². The summed E-state index contributed by atoms with van der Waals surface area (Å²) in [5, 5.41) is 10.0. The second-order valence-corrected chi connectivity index (χ2v) is 5.99. The average molecular weight is 335 g/mol. The summed E-state index contributed by atoms with van der Waals surface area (Å²) in [5.41, 5.74) is 2.41. The fraction of sp³-hybridized carbons (Fsp3) is 0.235. The number of rotatable bonds is 5. The normalized spacial score (nSPS) is 13.5. The van der Waals surface area contributed by atoms with Gasteiger partial charge in [-0.15, -0.1) is 0 Å². The zero-order valence-corrected chi connectivity index (χ0v) is 13.7. The van der Waals surface area contributed by atoms with E-state index in [-0.39, 0.29) is 11.8 Å². The van der Waals surface area contributed by atoms with Crippen LogP contribution in [0, 0.1) is 5.92 Å². The Morgan fingerprint density at radius 3 is 2.76 bits per heavy atom. The predicted octanol–water partition coefficient (Wildman–Crippen LogP) is 2.36. The molecule has 2 N–H and O–H groups in total. The number of nitrogens with one attached hydrogen (secondary N) is 2. The van der Waals surface area contributed by atoms with E-state index in [1.165, 1.54) is 0 Å². The van der Waals surface area contributed by atoms with Crippen molar-refractivity contribution < 1.29 is 4.79 Å². The topological polar surface area (TPSA) is 97.6 Å². The van der Waals surface area contributed by atoms with Gasteiger partial charge < -0.3 is 10.6 Å². The highest BCUT2D eigenvalue weighted by Crippen LogP contribution is 2.30. The fourth-order valence-corrected chi connectivity index (χ4v) is 2.39. The van der Waals surface area contributed by atoms with Gasteiger partial charge in [-0.25, -0.2) is 15.0 Å². The summed E-state index contributed by atoms with van der Waals surface area (Å²) in [6.45, 7) is 0. The van der Waals surface area contributed by atoms with Gasteiger partial charge >= 0.3 is 0 Å². The quantitative estimate of drug-likeness (QED) is 0.743. The minimum absolute atomic E-state index is 0.0465. The Morgan fingerprint density at radius 1 is 1.20 bits per heavy atom. The van der Waals surface area contributed by atoms with Crippen LogP contribution in [0.1, 0.15) is 12.8 Å². The van der Waals surface area contributed by atoms with Crippen LogP contribution >= 0.6 is 0 Å². The van der Waals surface area contributed by atoms with Gasteiger partial charge in [0.2, 0.25) is 11.9 Å². The number of nitrogens with zero attached hydrogens (tertiary/aromatic N) is 5. The Hall–Kier alpha value is -3.29. The third-order valence-corrected chi connectivity index (χ3v) is 3.88. The van der Waals surface area contributed by atoms with Crippen LogP contribution in [0.3, 0.4) is 0 Å². The van der Waals surface area contributed by atoms with Gasteiger partial charge in [0.05, 0.1) is 17.6 Å². The molecule has 1 aliphatic carbocycles. The van der Waals surface area contributed by atoms with Crippen LogP contribution in [0.5, 0.6) is 0 Å². The van der Waals surface area contributed by atoms with Gasteiger partial charge in [-0.1, -0.05) is 0 Å². The lowest BCUT2D eigenvalue weighted by Gasteiger charge is -2.06. The SMILES string of the molecule is Cn1cc(Nc2nccc(-c3ccc(NC(=O)C4CC4)nc3)n2)cn1. The first-order valence-corrected chi connectivity index (χ1v) is 8.03. The lowest BCUT2D eigenvalue weighted by atomic mass is 10.2. The Balaban J connectivity index is 1.49. The Labute approximate surface area is 144 Å². The molecule has 1 fully saturated rings. The summed E-state index contributed by atoms with van der Waals surface area (Å²) in [4.78, 5) is 24.8. The highest BCUT2D eigenvalue weighted by molar-refractivity contribution is 5.93. The van der Waals surface area contributed by atoms with Crippen molar-refractivity contribution in [2.24, 2.45) is 13.0 Å². The van der Waals surface area contributed by atoms with Crippen molar-refractivity contribution in [3.63, 3.8) is 0 Å². The molecule has 0 bridgehead atoms. The molecule has 0 aliphatic heterocycles. The molecule has 8 nitrogen and oxygen atoms in total. The van der Waals surface area contributed by atoms with Gasteiger partial charge in [-0.05, 0) is 31.0 Å². The number of hydrogen-bond acceptors (Lipinski definition) is 6. The van der Waals surface area contributed by atoms with E-state index in [4.69, 9.17) is 0 Å². The molecule has 3 heterocycles. The zero-order valence-electron chi connectivity index (χ0n) is 13.7. The number of aromatic nitrogens is 5. The highest BCUT2D eigenvalue weighted by atomic mass is 16.2. The van der Waals surface area contributed by atoms with Crippen LogP contribution in [0.15, 0.2) is 43.0 Å². The molecule has 3 aromatic rings.